The molecule has 2 fully saturated rings. The first-order chi connectivity index (χ1) is 36.5. The number of fused-ring (bicyclic) bond motifs is 2. The van der Waals surface area contributed by atoms with E-state index in [1.165, 1.54) is 64.5 Å². The largest absolute Gasteiger partial charge is 0.454 e. The number of aryl methyl sites for hydroxylation is 2. The topological polar surface area (TPSA) is 96.0 Å². The predicted octanol–water partition coefficient (Wildman–Crippen LogP) is 14.1. The van der Waals surface area contributed by atoms with E-state index in [-0.39, 0.29) is 23.9 Å². The van der Waals surface area contributed by atoms with E-state index >= 15 is 0 Å². The number of amides is 2. The fourth-order valence-electron chi connectivity index (χ4n) is 11.3. The molecule has 0 spiro atoms. The Hall–Kier alpha value is -6.81. The van der Waals surface area contributed by atoms with Crippen molar-refractivity contribution in [3.8, 4) is 11.5 Å². The third kappa shape index (κ3) is 13.7. The average molecular weight is 1000 g/mol. The summed E-state index contributed by atoms with van der Waals surface area (Å²) >= 11 is 0. The molecule has 9 nitrogen and oxygen atoms in total. The summed E-state index contributed by atoms with van der Waals surface area (Å²) in [6.07, 6.45) is 8.34. The van der Waals surface area contributed by atoms with E-state index in [0.29, 0.717) is 30.5 Å². The minimum Gasteiger partial charge on any atom is -0.454 e. The number of carbonyl (C=O) groups is 2. The quantitative estimate of drug-likeness (QED) is 0.0995. The molecule has 0 saturated carbocycles. The highest BCUT2D eigenvalue weighted by atomic mass is 16.7. The molecule has 2 amide bonds. The summed E-state index contributed by atoms with van der Waals surface area (Å²) in [7, 11) is 0. The number of piperidine rings is 2. The first-order valence-electron chi connectivity index (χ1n) is 27.6. The van der Waals surface area contributed by atoms with Gasteiger partial charge in [0.05, 0.1) is 17.6 Å². The molecule has 10 rings (SSSR count). The zero-order valence-electron chi connectivity index (χ0n) is 45.1. The van der Waals surface area contributed by atoms with Crippen molar-refractivity contribution in [2.24, 2.45) is 11.8 Å². The minimum absolute atomic E-state index is 0.00518. The number of hydrogen-bond acceptors (Lipinski definition) is 7. The van der Waals surface area contributed by atoms with Gasteiger partial charge in [0.2, 0.25) is 6.79 Å². The molecule has 1 aromatic heterocycles. The maximum absolute atomic E-state index is 13.0. The molecule has 2 unspecified atom stereocenters. The van der Waals surface area contributed by atoms with Crippen molar-refractivity contribution in [1.29, 1.82) is 0 Å². The molecule has 0 bridgehead atoms. The number of carbonyl (C=O) groups excluding carboxylic acids is 2. The minimum atomic E-state index is -0.0107. The second-order valence-corrected chi connectivity index (χ2v) is 21.5. The standard InChI is InChI=1S/C34H39N3O.C32H38N2O3/c1-4-32(29-10-7-24(2)8-11-29)36-34(38)30-14-12-27(13-15-30)25(3)28-17-20-37(21-18-28)23-26-9-16-33-31(22-26)6-5-19-35-33;1-4-29(27-8-5-22(2)6-9-27)33-32(35)28-12-10-25(11-13-28)23(3)26-15-17-34(18-16-26)20-24-7-14-30-31(19-24)37-21-36-30/h5-16,19,22,25,28,32H,4,17-18,20-21,23H2,1-3H3,(H,36,38);5-14,19,23,26,29H,4,15-18,20-21H2,1-3H3,(H,33,35)/t25?,32-;23?,29-/m11/s1. The summed E-state index contributed by atoms with van der Waals surface area (Å²) in [6, 6.07) is 50.5. The maximum Gasteiger partial charge on any atom is 0.251 e. The van der Waals surface area contributed by atoms with Gasteiger partial charge in [-0.25, -0.2) is 0 Å². The van der Waals surface area contributed by atoms with Gasteiger partial charge in [0.1, 0.15) is 0 Å². The van der Waals surface area contributed by atoms with E-state index in [2.05, 4.69) is 176 Å². The van der Waals surface area contributed by atoms with E-state index < -0.39 is 0 Å². The van der Waals surface area contributed by atoms with Crippen LogP contribution in [0.3, 0.4) is 0 Å². The molecule has 3 aliphatic rings. The number of likely N-dealkylation sites (tertiary alicyclic amines) is 2. The number of ether oxygens (including phenoxy) is 2. The molecule has 2 N–H and O–H groups in total. The maximum atomic E-state index is 13.0. The number of benzene rings is 6. The zero-order chi connectivity index (χ0) is 52.3. The smallest absolute Gasteiger partial charge is 0.251 e. The van der Waals surface area contributed by atoms with Gasteiger partial charge in [0.25, 0.3) is 11.8 Å². The Morgan fingerprint density at radius 1 is 0.547 bits per heavy atom. The molecule has 6 aromatic carbocycles. The molecule has 9 heteroatoms. The van der Waals surface area contributed by atoms with Gasteiger partial charge < -0.3 is 20.1 Å². The van der Waals surface area contributed by atoms with E-state index in [1.807, 2.05) is 42.6 Å². The Balaban J connectivity index is 0.000000184. The van der Waals surface area contributed by atoms with E-state index in [9.17, 15) is 9.59 Å². The van der Waals surface area contributed by atoms with Gasteiger partial charge in [-0.3, -0.25) is 24.4 Å². The summed E-state index contributed by atoms with van der Waals surface area (Å²) in [6.45, 7) is 19.8. The third-order valence-electron chi connectivity index (χ3n) is 16.4. The Bertz CT molecular complexity index is 2960. The van der Waals surface area contributed by atoms with Crippen LogP contribution >= 0.6 is 0 Å². The second-order valence-electron chi connectivity index (χ2n) is 21.5. The highest BCUT2D eigenvalue weighted by Crippen LogP contribution is 2.36. The van der Waals surface area contributed by atoms with E-state index in [0.717, 1.165) is 91.4 Å². The lowest BCUT2D eigenvalue weighted by atomic mass is 9.81. The van der Waals surface area contributed by atoms with Gasteiger partial charge in [-0.2, -0.15) is 0 Å². The molecule has 0 aliphatic carbocycles. The van der Waals surface area contributed by atoms with Crippen molar-refractivity contribution < 1.29 is 19.1 Å². The number of nitrogens with one attached hydrogen (secondary N) is 2. The number of pyridine rings is 1. The Morgan fingerprint density at radius 2 is 0.987 bits per heavy atom. The highest BCUT2D eigenvalue weighted by Gasteiger charge is 2.27. The van der Waals surface area contributed by atoms with Crippen LogP contribution in [0, 0.1) is 25.7 Å². The fraction of sp³-hybridized carbons (Fsp3) is 0.379. The molecule has 7 aromatic rings. The number of hydrogen-bond donors (Lipinski definition) is 2. The van der Waals surface area contributed by atoms with E-state index in [4.69, 9.17) is 9.47 Å². The SMILES string of the molecule is CC[C@@H](NC(=O)c1ccc(C(C)C2CCN(Cc3ccc4c(c3)OCO4)CC2)cc1)c1ccc(C)cc1.CC[C@@H](NC(=O)c1ccc(C(C)C2CCN(Cc3ccc4ncccc4c3)CC2)cc1)c1ccc(C)cc1. The van der Waals surface area contributed by atoms with Crippen molar-refractivity contribution in [1.82, 2.24) is 25.4 Å². The van der Waals surface area contributed by atoms with Crippen LogP contribution in [-0.4, -0.2) is 59.6 Å². The van der Waals surface area contributed by atoms with E-state index in [1.54, 1.807) is 0 Å². The van der Waals surface area contributed by atoms with Crippen molar-refractivity contribution in [3.63, 3.8) is 0 Å². The number of nitrogens with zero attached hydrogens (tertiary/aromatic N) is 3. The summed E-state index contributed by atoms with van der Waals surface area (Å²) < 4.78 is 11.0. The number of rotatable bonds is 16. The molecule has 4 heterocycles. The Morgan fingerprint density at radius 3 is 1.47 bits per heavy atom. The Labute approximate surface area is 446 Å². The summed E-state index contributed by atoms with van der Waals surface area (Å²) in [4.78, 5) is 35.5. The van der Waals surface area contributed by atoms with Crippen LogP contribution in [0.4, 0.5) is 0 Å². The van der Waals surface area contributed by atoms with Crippen LogP contribution in [0.15, 0.2) is 152 Å². The summed E-state index contributed by atoms with van der Waals surface area (Å²) in [5.41, 5.74) is 12.5. The third-order valence-corrected chi connectivity index (χ3v) is 16.4. The van der Waals surface area contributed by atoms with Crippen LogP contribution in [0.1, 0.15) is 155 Å². The zero-order valence-corrected chi connectivity index (χ0v) is 45.1. The molecular weight excluding hydrogens is 927 g/mol. The lowest BCUT2D eigenvalue weighted by Crippen LogP contribution is -2.34. The molecule has 2 saturated heterocycles. The van der Waals surface area contributed by atoms with Crippen molar-refractivity contribution in [2.45, 2.75) is 117 Å². The normalized spacial score (nSPS) is 16.8. The predicted molar refractivity (Wildman–Crippen MR) is 303 cm³/mol. The lowest BCUT2D eigenvalue weighted by molar-refractivity contribution is 0.0927. The Kier molecular flexibility index (Phi) is 17.8. The van der Waals surface area contributed by atoms with Crippen LogP contribution < -0.4 is 20.1 Å². The molecule has 390 valence electrons. The van der Waals surface area contributed by atoms with Crippen LogP contribution in [0.5, 0.6) is 11.5 Å². The van der Waals surface area contributed by atoms with Gasteiger partial charge in [0.15, 0.2) is 11.5 Å². The first kappa shape index (κ1) is 53.0. The van der Waals surface area contributed by atoms with Crippen molar-refractivity contribution in [2.75, 3.05) is 33.0 Å². The molecule has 4 atom stereocenters. The lowest BCUT2D eigenvalue weighted by Gasteiger charge is -2.35. The molecule has 0 radical (unpaired) electrons. The van der Waals surface area contributed by atoms with Crippen LogP contribution in [0.25, 0.3) is 10.9 Å². The monoisotopic (exact) mass is 1000 g/mol. The van der Waals surface area contributed by atoms with Gasteiger partial charge in [0, 0.05) is 35.8 Å². The van der Waals surface area contributed by atoms with Crippen molar-refractivity contribution in [3.05, 3.63) is 207 Å². The fourth-order valence-corrected chi connectivity index (χ4v) is 11.3. The van der Waals surface area contributed by atoms with Gasteiger partial charge in [-0.15, -0.1) is 0 Å². The highest BCUT2D eigenvalue weighted by molar-refractivity contribution is 5.95. The average Bonchev–Trinajstić information content (AvgIpc) is 3.93. The second kappa shape index (κ2) is 25.1. The number of aromatic nitrogens is 1. The molecule has 3 aliphatic heterocycles. The molecule has 75 heavy (non-hydrogen) atoms. The summed E-state index contributed by atoms with van der Waals surface area (Å²) in [5.74, 6) is 3.96. The molecular formula is C66H77N5O4. The van der Waals surface area contributed by atoms with Crippen LogP contribution in [0.2, 0.25) is 0 Å². The van der Waals surface area contributed by atoms with Gasteiger partial charge in [-0.05, 0) is 190 Å². The van der Waals surface area contributed by atoms with Crippen molar-refractivity contribution >= 4 is 22.7 Å². The van der Waals surface area contributed by atoms with Crippen LogP contribution in [-0.2, 0) is 13.1 Å². The van der Waals surface area contributed by atoms with Gasteiger partial charge >= 0.3 is 0 Å². The summed E-state index contributed by atoms with van der Waals surface area (Å²) in [5, 5.41) is 7.64. The van der Waals surface area contributed by atoms with Gasteiger partial charge in [-0.1, -0.05) is 130 Å². The first-order valence-corrected chi connectivity index (χ1v) is 27.6.